The Hall–Kier alpha value is -1.89. The van der Waals surface area contributed by atoms with Gasteiger partial charge in [-0.1, -0.05) is 6.07 Å². The number of anilines is 1. The van der Waals surface area contributed by atoms with Crippen molar-refractivity contribution in [2.45, 2.75) is 25.3 Å². The van der Waals surface area contributed by atoms with Crippen LogP contribution in [0.25, 0.3) is 0 Å². The SMILES string of the molecule is CN=C(NCC1CCSCC1)NC1CC(=O)N(c2cccc(OC)c2)C1. The number of nitrogens with zero attached hydrogens (tertiary/aromatic N) is 2. The molecule has 3 rings (SSSR count). The summed E-state index contributed by atoms with van der Waals surface area (Å²) in [6, 6.07) is 7.69. The molecule has 2 aliphatic rings. The predicted octanol–water partition coefficient (Wildman–Crippen LogP) is 2.11. The van der Waals surface area contributed by atoms with E-state index in [1.165, 1.54) is 24.3 Å². The number of carbonyl (C=O) groups is 1. The van der Waals surface area contributed by atoms with Crippen molar-refractivity contribution >= 4 is 29.3 Å². The van der Waals surface area contributed by atoms with E-state index in [9.17, 15) is 4.79 Å². The maximum Gasteiger partial charge on any atom is 0.229 e. The predicted molar refractivity (Wildman–Crippen MR) is 108 cm³/mol. The first kappa shape index (κ1) is 18.9. The zero-order valence-electron chi connectivity index (χ0n) is 15.5. The summed E-state index contributed by atoms with van der Waals surface area (Å²) in [5.74, 6) is 4.89. The lowest BCUT2D eigenvalue weighted by Gasteiger charge is -2.24. The summed E-state index contributed by atoms with van der Waals surface area (Å²) in [6.07, 6.45) is 3.00. The molecule has 0 bridgehead atoms. The number of nitrogens with one attached hydrogen (secondary N) is 2. The maximum atomic E-state index is 12.4. The van der Waals surface area contributed by atoms with Gasteiger partial charge in [0.1, 0.15) is 5.75 Å². The van der Waals surface area contributed by atoms with Gasteiger partial charge in [0.25, 0.3) is 0 Å². The summed E-state index contributed by atoms with van der Waals surface area (Å²) < 4.78 is 5.26. The molecule has 2 saturated heterocycles. The first-order chi connectivity index (χ1) is 12.7. The number of guanidine groups is 1. The zero-order valence-corrected chi connectivity index (χ0v) is 16.3. The third-order valence-electron chi connectivity index (χ3n) is 4.95. The van der Waals surface area contributed by atoms with Gasteiger partial charge in [-0.2, -0.15) is 11.8 Å². The van der Waals surface area contributed by atoms with Crippen LogP contribution in [-0.2, 0) is 4.79 Å². The summed E-state index contributed by atoms with van der Waals surface area (Å²) in [5.41, 5.74) is 0.876. The molecule has 2 heterocycles. The van der Waals surface area contributed by atoms with E-state index in [1.807, 2.05) is 40.9 Å². The van der Waals surface area contributed by atoms with Crippen LogP contribution in [0.4, 0.5) is 5.69 Å². The minimum absolute atomic E-state index is 0.0572. The second kappa shape index (κ2) is 9.16. The fourth-order valence-electron chi connectivity index (χ4n) is 3.41. The maximum absolute atomic E-state index is 12.4. The van der Waals surface area contributed by atoms with Crippen LogP contribution in [0.5, 0.6) is 5.75 Å². The lowest BCUT2D eigenvalue weighted by atomic mass is 10.0. The van der Waals surface area contributed by atoms with Crippen molar-refractivity contribution in [3.63, 3.8) is 0 Å². The largest absolute Gasteiger partial charge is 0.497 e. The van der Waals surface area contributed by atoms with Gasteiger partial charge in [0.2, 0.25) is 5.91 Å². The van der Waals surface area contributed by atoms with Crippen LogP contribution >= 0.6 is 11.8 Å². The standard InChI is InChI=1S/C19H28N4O2S/c1-20-19(21-12-14-6-8-26-9-7-14)22-15-10-18(24)23(13-15)16-4-3-5-17(11-16)25-2/h3-5,11,14-15H,6-10,12-13H2,1-2H3,(H2,20,21,22). The molecule has 1 unspecified atom stereocenters. The molecule has 0 saturated carbocycles. The number of methoxy groups -OCH3 is 1. The molecule has 7 heteroatoms. The number of rotatable bonds is 5. The van der Waals surface area contributed by atoms with E-state index in [-0.39, 0.29) is 11.9 Å². The number of carbonyl (C=O) groups excluding carboxylic acids is 1. The highest BCUT2D eigenvalue weighted by atomic mass is 32.2. The van der Waals surface area contributed by atoms with Crippen molar-refractivity contribution in [2.75, 3.05) is 43.7 Å². The molecule has 142 valence electrons. The number of amides is 1. The van der Waals surface area contributed by atoms with E-state index >= 15 is 0 Å². The van der Waals surface area contributed by atoms with Gasteiger partial charge in [-0.05, 0) is 42.4 Å². The zero-order chi connectivity index (χ0) is 18.4. The average molecular weight is 377 g/mol. The van der Waals surface area contributed by atoms with Crippen molar-refractivity contribution in [3.05, 3.63) is 24.3 Å². The number of thioether (sulfide) groups is 1. The van der Waals surface area contributed by atoms with Crippen molar-refractivity contribution in [1.29, 1.82) is 0 Å². The average Bonchev–Trinajstić information content (AvgIpc) is 3.06. The van der Waals surface area contributed by atoms with Crippen molar-refractivity contribution in [3.8, 4) is 5.75 Å². The van der Waals surface area contributed by atoms with E-state index in [2.05, 4.69) is 15.6 Å². The summed E-state index contributed by atoms with van der Waals surface area (Å²) in [5, 5.41) is 6.84. The molecule has 1 atom stereocenters. The monoisotopic (exact) mass is 376 g/mol. The third-order valence-corrected chi connectivity index (χ3v) is 6.00. The molecule has 1 aromatic carbocycles. The van der Waals surface area contributed by atoms with Crippen molar-refractivity contribution in [1.82, 2.24) is 10.6 Å². The lowest BCUT2D eigenvalue weighted by Crippen LogP contribution is -2.46. The van der Waals surface area contributed by atoms with Crippen LogP contribution < -0.4 is 20.3 Å². The van der Waals surface area contributed by atoms with Crippen LogP contribution in [-0.4, -0.2) is 56.7 Å². The Morgan fingerprint density at radius 3 is 2.92 bits per heavy atom. The molecule has 2 aliphatic heterocycles. The molecule has 0 aromatic heterocycles. The normalized spacial score (nSPS) is 21.8. The van der Waals surface area contributed by atoms with Gasteiger partial charge in [-0.25, -0.2) is 0 Å². The van der Waals surface area contributed by atoms with E-state index in [0.29, 0.717) is 18.9 Å². The summed E-state index contributed by atoms with van der Waals surface area (Å²) in [6.45, 7) is 1.58. The molecule has 1 amide bonds. The highest BCUT2D eigenvalue weighted by molar-refractivity contribution is 7.99. The summed E-state index contributed by atoms with van der Waals surface area (Å²) >= 11 is 2.04. The molecule has 0 aliphatic carbocycles. The minimum atomic E-state index is 0.0572. The molecule has 0 spiro atoms. The summed E-state index contributed by atoms with van der Waals surface area (Å²) in [7, 11) is 3.42. The molecule has 6 nitrogen and oxygen atoms in total. The quantitative estimate of drug-likeness (QED) is 0.609. The van der Waals surface area contributed by atoms with Crippen LogP contribution in [0, 0.1) is 5.92 Å². The lowest BCUT2D eigenvalue weighted by molar-refractivity contribution is -0.117. The van der Waals surface area contributed by atoms with Crippen molar-refractivity contribution in [2.24, 2.45) is 10.9 Å². The smallest absolute Gasteiger partial charge is 0.229 e. The van der Waals surface area contributed by atoms with Gasteiger partial charge >= 0.3 is 0 Å². The first-order valence-electron chi connectivity index (χ1n) is 9.19. The fourth-order valence-corrected chi connectivity index (χ4v) is 4.62. The van der Waals surface area contributed by atoms with Gasteiger partial charge in [0.15, 0.2) is 5.96 Å². The topological polar surface area (TPSA) is 66.0 Å². The van der Waals surface area contributed by atoms with E-state index in [4.69, 9.17) is 4.74 Å². The van der Waals surface area contributed by atoms with E-state index in [1.54, 1.807) is 14.2 Å². The Kier molecular flexibility index (Phi) is 6.66. The molecule has 2 N–H and O–H groups in total. The van der Waals surface area contributed by atoms with Crippen LogP contribution in [0.2, 0.25) is 0 Å². The van der Waals surface area contributed by atoms with Gasteiger partial charge < -0.3 is 20.3 Å². The molecule has 1 aromatic rings. The molecular formula is C19H28N4O2S. The summed E-state index contributed by atoms with van der Waals surface area (Å²) in [4.78, 5) is 18.6. The number of benzene rings is 1. The van der Waals surface area contributed by atoms with Gasteiger partial charge in [0, 0.05) is 38.3 Å². The van der Waals surface area contributed by atoms with Gasteiger partial charge in [-0.3, -0.25) is 9.79 Å². The Balaban J connectivity index is 1.53. The number of ether oxygens (including phenoxy) is 1. The Bertz CT molecular complexity index is 646. The van der Waals surface area contributed by atoms with Gasteiger partial charge in [-0.15, -0.1) is 0 Å². The van der Waals surface area contributed by atoms with Crippen LogP contribution in [0.3, 0.4) is 0 Å². The van der Waals surface area contributed by atoms with Gasteiger partial charge in [0.05, 0.1) is 13.2 Å². The van der Waals surface area contributed by atoms with Crippen molar-refractivity contribution < 1.29 is 9.53 Å². The minimum Gasteiger partial charge on any atom is -0.497 e. The Labute approximate surface area is 159 Å². The number of hydrogen-bond donors (Lipinski definition) is 2. The second-order valence-electron chi connectivity index (χ2n) is 6.76. The Morgan fingerprint density at radius 2 is 2.19 bits per heavy atom. The second-order valence-corrected chi connectivity index (χ2v) is 7.98. The molecule has 26 heavy (non-hydrogen) atoms. The Morgan fingerprint density at radius 1 is 1.38 bits per heavy atom. The molecule has 0 radical (unpaired) electrons. The molecule has 2 fully saturated rings. The fraction of sp³-hybridized carbons (Fsp3) is 0.579. The van der Waals surface area contributed by atoms with E-state index < -0.39 is 0 Å². The van der Waals surface area contributed by atoms with Crippen LogP contribution in [0.15, 0.2) is 29.3 Å². The number of aliphatic imine (C=N–C) groups is 1. The number of hydrogen-bond acceptors (Lipinski definition) is 4. The highest BCUT2D eigenvalue weighted by Gasteiger charge is 2.31. The van der Waals surface area contributed by atoms with E-state index in [0.717, 1.165) is 23.9 Å². The molecular weight excluding hydrogens is 348 g/mol. The highest BCUT2D eigenvalue weighted by Crippen LogP contribution is 2.25. The first-order valence-corrected chi connectivity index (χ1v) is 10.3. The third kappa shape index (κ3) is 4.84. The van der Waals surface area contributed by atoms with Crippen LogP contribution in [0.1, 0.15) is 19.3 Å².